The van der Waals surface area contributed by atoms with Gasteiger partial charge in [-0.15, -0.1) is 11.3 Å². The lowest BCUT2D eigenvalue weighted by molar-refractivity contribution is 0.100. The fraction of sp³-hybridized carbons (Fsp3) is 0.0526. The molecule has 1 aromatic heterocycles. The Morgan fingerprint density at radius 1 is 1.00 bits per heavy atom. The molecule has 0 spiro atoms. The molecule has 7 heteroatoms. The molecule has 3 aromatic rings. The average Bonchev–Trinajstić information content (AvgIpc) is 3.28. The van der Waals surface area contributed by atoms with Gasteiger partial charge >= 0.3 is 0 Å². The van der Waals surface area contributed by atoms with Crippen molar-refractivity contribution in [3.63, 3.8) is 0 Å². The van der Waals surface area contributed by atoms with Crippen molar-refractivity contribution >= 4 is 28.2 Å². The Balaban J connectivity index is 1.64. The van der Waals surface area contributed by atoms with Crippen LogP contribution in [0, 0.1) is 0 Å². The van der Waals surface area contributed by atoms with E-state index in [1.54, 1.807) is 24.3 Å². The number of primary amides is 1. The van der Waals surface area contributed by atoms with E-state index < -0.39 is 5.91 Å². The van der Waals surface area contributed by atoms with E-state index in [1.807, 2.05) is 30.3 Å². The summed E-state index contributed by atoms with van der Waals surface area (Å²) in [5.41, 5.74) is 7.10. The van der Waals surface area contributed by atoms with Gasteiger partial charge < -0.3 is 20.5 Å². The fourth-order valence-corrected chi connectivity index (χ4v) is 3.69. The summed E-state index contributed by atoms with van der Waals surface area (Å²) in [5.74, 6) is 0.169. The van der Waals surface area contributed by atoms with Crippen LogP contribution in [0.1, 0.15) is 20.7 Å². The number of thiophene rings is 1. The van der Waals surface area contributed by atoms with Gasteiger partial charge in [0.25, 0.3) is 11.8 Å². The molecule has 2 amide bonds. The predicted molar refractivity (Wildman–Crippen MR) is 98.8 cm³/mol. The van der Waals surface area contributed by atoms with E-state index in [2.05, 4.69) is 5.32 Å². The number of hydrogen-bond donors (Lipinski definition) is 2. The molecule has 2 aromatic carbocycles. The van der Waals surface area contributed by atoms with Gasteiger partial charge in [-0.2, -0.15) is 0 Å². The van der Waals surface area contributed by atoms with E-state index in [-0.39, 0.29) is 18.3 Å². The highest BCUT2D eigenvalue weighted by Crippen LogP contribution is 2.36. The number of carbonyl (C=O) groups is 2. The molecule has 0 atom stereocenters. The summed E-state index contributed by atoms with van der Waals surface area (Å²) in [6.45, 7) is 0.136. The quantitative estimate of drug-likeness (QED) is 0.739. The first kappa shape index (κ1) is 16.2. The Hall–Kier alpha value is -3.32. The van der Waals surface area contributed by atoms with Gasteiger partial charge in [-0.3, -0.25) is 9.59 Å². The fourth-order valence-electron chi connectivity index (χ4n) is 2.62. The van der Waals surface area contributed by atoms with Crippen LogP contribution >= 0.6 is 11.3 Å². The van der Waals surface area contributed by atoms with Crippen molar-refractivity contribution in [2.75, 3.05) is 12.1 Å². The SMILES string of the molecule is NC(=O)c1cc(-c2ccccc2)sc1NC(=O)c1ccc2c(c1)OCO2. The third-order valence-corrected chi connectivity index (χ3v) is 5.02. The molecule has 26 heavy (non-hydrogen) atoms. The smallest absolute Gasteiger partial charge is 0.256 e. The largest absolute Gasteiger partial charge is 0.454 e. The van der Waals surface area contributed by atoms with Crippen molar-refractivity contribution in [1.29, 1.82) is 0 Å². The predicted octanol–water partition coefficient (Wildman–Crippen LogP) is 3.50. The zero-order chi connectivity index (χ0) is 18.1. The molecule has 1 aliphatic rings. The second-order valence-electron chi connectivity index (χ2n) is 5.61. The average molecular weight is 366 g/mol. The number of anilines is 1. The molecule has 6 nitrogen and oxygen atoms in total. The van der Waals surface area contributed by atoms with Crippen LogP contribution in [0.15, 0.2) is 54.6 Å². The second-order valence-corrected chi connectivity index (χ2v) is 6.66. The number of rotatable bonds is 4. The molecule has 1 aliphatic heterocycles. The van der Waals surface area contributed by atoms with Crippen molar-refractivity contribution < 1.29 is 19.1 Å². The van der Waals surface area contributed by atoms with Gasteiger partial charge in [0.05, 0.1) is 5.56 Å². The molecule has 0 saturated heterocycles. The molecule has 0 fully saturated rings. The minimum atomic E-state index is -0.593. The van der Waals surface area contributed by atoms with Gasteiger partial charge in [0, 0.05) is 10.4 Å². The molecule has 0 unspecified atom stereocenters. The normalized spacial score (nSPS) is 12.0. The summed E-state index contributed by atoms with van der Waals surface area (Å²) in [7, 11) is 0. The lowest BCUT2D eigenvalue weighted by Gasteiger charge is -2.05. The third kappa shape index (κ3) is 3.00. The van der Waals surface area contributed by atoms with E-state index in [9.17, 15) is 9.59 Å². The summed E-state index contributed by atoms with van der Waals surface area (Å²) in [6, 6.07) is 16.2. The Labute approximate surface area is 153 Å². The molecule has 0 saturated carbocycles. The van der Waals surface area contributed by atoms with E-state index >= 15 is 0 Å². The summed E-state index contributed by atoms with van der Waals surface area (Å²) >= 11 is 1.30. The molecule has 0 radical (unpaired) electrons. The van der Waals surface area contributed by atoms with Crippen LogP contribution in [0.2, 0.25) is 0 Å². The number of nitrogens with two attached hydrogens (primary N) is 1. The van der Waals surface area contributed by atoms with E-state index in [0.717, 1.165) is 10.4 Å². The highest BCUT2D eigenvalue weighted by atomic mass is 32.1. The lowest BCUT2D eigenvalue weighted by Crippen LogP contribution is -2.16. The molecule has 4 rings (SSSR count). The van der Waals surface area contributed by atoms with Gasteiger partial charge in [-0.05, 0) is 29.8 Å². The van der Waals surface area contributed by atoms with Crippen LogP contribution in [-0.4, -0.2) is 18.6 Å². The minimum Gasteiger partial charge on any atom is -0.454 e. The third-order valence-electron chi connectivity index (χ3n) is 3.92. The number of carbonyl (C=O) groups excluding carboxylic acids is 2. The van der Waals surface area contributed by atoms with E-state index in [1.165, 1.54) is 11.3 Å². The lowest BCUT2D eigenvalue weighted by atomic mass is 10.1. The first-order valence-electron chi connectivity index (χ1n) is 7.82. The maximum atomic E-state index is 12.6. The monoisotopic (exact) mass is 366 g/mol. The first-order valence-corrected chi connectivity index (χ1v) is 8.63. The summed E-state index contributed by atoms with van der Waals surface area (Å²) in [6.07, 6.45) is 0. The molecule has 3 N–H and O–H groups in total. The molecule has 130 valence electrons. The van der Waals surface area contributed by atoms with Crippen molar-refractivity contribution in [3.05, 3.63) is 65.7 Å². The van der Waals surface area contributed by atoms with Crippen molar-refractivity contribution in [2.24, 2.45) is 5.73 Å². The maximum absolute atomic E-state index is 12.6. The van der Waals surface area contributed by atoms with Crippen LogP contribution in [0.4, 0.5) is 5.00 Å². The van der Waals surface area contributed by atoms with Gasteiger partial charge in [-0.25, -0.2) is 0 Å². The first-order chi connectivity index (χ1) is 12.6. The molecular weight excluding hydrogens is 352 g/mol. The number of nitrogens with one attached hydrogen (secondary N) is 1. The molecule has 0 bridgehead atoms. The van der Waals surface area contributed by atoms with Crippen LogP contribution in [0.3, 0.4) is 0 Å². The Bertz CT molecular complexity index is 998. The number of hydrogen-bond acceptors (Lipinski definition) is 5. The number of fused-ring (bicyclic) bond motifs is 1. The summed E-state index contributed by atoms with van der Waals surface area (Å²) < 4.78 is 10.5. The van der Waals surface area contributed by atoms with Gasteiger partial charge in [0.15, 0.2) is 11.5 Å². The second kappa shape index (κ2) is 6.53. The molecule has 0 aliphatic carbocycles. The number of benzene rings is 2. The van der Waals surface area contributed by atoms with E-state index in [0.29, 0.717) is 22.1 Å². The Morgan fingerprint density at radius 2 is 1.77 bits per heavy atom. The van der Waals surface area contributed by atoms with Gasteiger partial charge in [0.2, 0.25) is 6.79 Å². The van der Waals surface area contributed by atoms with Gasteiger partial charge in [0.1, 0.15) is 5.00 Å². The van der Waals surface area contributed by atoms with Crippen LogP contribution < -0.4 is 20.5 Å². The van der Waals surface area contributed by atoms with Crippen molar-refractivity contribution in [2.45, 2.75) is 0 Å². The van der Waals surface area contributed by atoms with E-state index in [4.69, 9.17) is 15.2 Å². The number of amides is 2. The van der Waals surface area contributed by atoms with Crippen LogP contribution in [0.5, 0.6) is 11.5 Å². The minimum absolute atomic E-state index is 0.136. The Kier molecular flexibility index (Phi) is 4.06. The number of ether oxygens (including phenoxy) is 2. The topological polar surface area (TPSA) is 90.7 Å². The molecule has 2 heterocycles. The van der Waals surface area contributed by atoms with Crippen molar-refractivity contribution in [3.8, 4) is 21.9 Å². The highest BCUT2D eigenvalue weighted by molar-refractivity contribution is 7.20. The van der Waals surface area contributed by atoms with Gasteiger partial charge in [-0.1, -0.05) is 30.3 Å². The standard InChI is InChI=1S/C19H14N2O4S/c20-17(22)13-9-16(11-4-2-1-3-5-11)26-19(13)21-18(23)12-6-7-14-15(8-12)25-10-24-14/h1-9H,10H2,(H2,20,22)(H,21,23). The highest BCUT2D eigenvalue weighted by Gasteiger charge is 2.20. The van der Waals surface area contributed by atoms with Crippen molar-refractivity contribution in [1.82, 2.24) is 0 Å². The molecular formula is C19H14N2O4S. The summed E-state index contributed by atoms with van der Waals surface area (Å²) in [4.78, 5) is 25.2. The zero-order valence-corrected chi connectivity index (χ0v) is 14.3. The zero-order valence-electron chi connectivity index (χ0n) is 13.5. The van der Waals surface area contributed by atoms with Crippen LogP contribution in [0.25, 0.3) is 10.4 Å². The summed E-state index contributed by atoms with van der Waals surface area (Å²) in [5, 5.41) is 3.19. The maximum Gasteiger partial charge on any atom is 0.256 e. The van der Waals surface area contributed by atoms with Crippen LogP contribution in [-0.2, 0) is 0 Å². The Morgan fingerprint density at radius 3 is 2.54 bits per heavy atom.